The Labute approximate surface area is 41.3 Å². The number of hydrogen-bond acceptors (Lipinski definition) is 3. The average molecular weight is 104 g/mol. The molecule has 42 valence electrons. The van der Waals surface area contributed by atoms with E-state index in [1.165, 1.54) is 5.01 Å². The predicted molar refractivity (Wildman–Crippen MR) is 22.9 cm³/mol. The van der Waals surface area contributed by atoms with Crippen LogP contribution in [0, 0.1) is 5.21 Å². The van der Waals surface area contributed by atoms with Crippen LogP contribution in [0.5, 0.6) is 0 Å². The summed E-state index contributed by atoms with van der Waals surface area (Å²) < 4.78 is 0. The molecule has 0 saturated carbocycles. The molecular weight excluding hydrogens is 96.0 g/mol. The second kappa shape index (κ2) is 1.75. The molecule has 0 aromatic heterocycles. The molecule has 0 amide bonds. The first-order valence-electron chi connectivity index (χ1n) is 2.20. The van der Waals surface area contributed by atoms with Gasteiger partial charge in [-0.05, 0) is 0 Å². The van der Waals surface area contributed by atoms with Gasteiger partial charge in [0.05, 0.1) is 19.2 Å². The highest BCUT2D eigenvalue weighted by atomic mass is 16.5. The fourth-order valence-electron chi connectivity index (χ4n) is 0.574. The van der Waals surface area contributed by atoms with Gasteiger partial charge in [-0.1, -0.05) is 0 Å². The number of β-amino-alcohol motifs (C(OH)–C–C–N with tert-alkyl or cyclic N) is 1. The topological polar surface area (TPSA) is 63.1 Å². The summed E-state index contributed by atoms with van der Waals surface area (Å²) in [6.07, 6.45) is -0.259. The lowest BCUT2D eigenvalue weighted by Gasteiger charge is -2.33. The van der Waals surface area contributed by atoms with Gasteiger partial charge in [-0.15, -0.1) is 0 Å². The van der Waals surface area contributed by atoms with Crippen molar-refractivity contribution in [1.82, 2.24) is 5.01 Å². The Bertz CT molecular complexity index is 62.0. The quantitative estimate of drug-likeness (QED) is 0.289. The number of aliphatic hydroxyl groups is 1. The zero-order valence-corrected chi connectivity index (χ0v) is 3.87. The van der Waals surface area contributed by atoms with E-state index in [0.717, 1.165) is 5.59 Å². The van der Waals surface area contributed by atoms with Crippen molar-refractivity contribution in [2.24, 2.45) is 0 Å². The molecule has 4 nitrogen and oxygen atoms in total. The van der Waals surface area contributed by atoms with Crippen LogP contribution in [0.3, 0.4) is 0 Å². The van der Waals surface area contributed by atoms with Gasteiger partial charge in [0, 0.05) is 0 Å². The predicted octanol–water partition coefficient (Wildman–Crippen LogP) is -2.36. The molecule has 1 fully saturated rings. The van der Waals surface area contributed by atoms with Crippen molar-refractivity contribution >= 4 is 0 Å². The Morgan fingerprint density at radius 3 is 2.43 bits per heavy atom. The van der Waals surface area contributed by atoms with Crippen molar-refractivity contribution < 1.29 is 10.7 Å². The Kier molecular flexibility index (Phi) is 1.25. The van der Waals surface area contributed by atoms with Crippen LogP contribution in [0.4, 0.5) is 0 Å². The minimum Gasteiger partial charge on any atom is -0.614 e. The first kappa shape index (κ1) is 4.99. The summed E-state index contributed by atoms with van der Waals surface area (Å²) in [6, 6.07) is 0. The molecule has 1 rings (SSSR count). The monoisotopic (exact) mass is 104 g/mol. The van der Waals surface area contributed by atoms with Gasteiger partial charge in [-0.2, -0.15) is 5.01 Å². The van der Waals surface area contributed by atoms with Crippen LogP contribution in [-0.4, -0.2) is 29.3 Å². The van der Waals surface area contributed by atoms with Crippen LogP contribution in [0.25, 0.3) is 0 Å². The van der Waals surface area contributed by atoms with Crippen LogP contribution in [0.15, 0.2) is 0 Å². The zero-order chi connectivity index (χ0) is 5.28. The maximum Gasteiger partial charge on any atom is 0.0896 e. The molecule has 0 radical (unpaired) electrons. The second-order valence-corrected chi connectivity index (χ2v) is 1.71. The summed E-state index contributed by atoms with van der Waals surface area (Å²) in [5.74, 6) is 0. The zero-order valence-electron chi connectivity index (χ0n) is 3.87. The minimum atomic E-state index is -0.259. The lowest BCUT2D eigenvalue weighted by atomic mass is 10.2. The van der Waals surface area contributed by atoms with E-state index in [1.54, 1.807) is 0 Å². The number of nitrogens with zero attached hydrogens (tertiary/aromatic N) is 1. The highest BCUT2D eigenvalue weighted by Crippen LogP contribution is 1.97. The van der Waals surface area contributed by atoms with Crippen molar-refractivity contribution in [1.29, 1.82) is 0 Å². The Morgan fingerprint density at radius 1 is 1.71 bits per heavy atom. The van der Waals surface area contributed by atoms with E-state index in [-0.39, 0.29) is 6.10 Å². The van der Waals surface area contributed by atoms with Gasteiger partial charge in [0.1, 0.15) is 0 Å². The van der Waals surface area contributed by atoms with Crippen molar-refractivity contribution in [3.63, 3.8) is 0 Å². The molecule has 0 aromatic rings. The Balaban J connectivity index is 2.06. The van der Waals surface area contributed by atoms with Gasteiger partial charge in [0.25, 0.3) is 0 Å². The smallest absolute Gasteiger partial charge is 0.0896 e. The third-order valence-corrected chi connectivity index (χ3v) is 1.04. The lowest BCUT2D eigenvalue weighted by molar-refractivity contribution is -0.768. The number of aliphatic hydroxyl groups excluding tert-OH is 1. The molecule has 0 aromatic carbocycles. The first-order chi connectivity index (χ1) is 3.33. The van der Waals surface area contributed by atoms with E-state index < -0.39 is 0 Å². The third-order valence-electron chi connectivity index (χ3n) is 1.04. The van der Waals surface area contributed by atoms with Gasteiger partial charge in [0.15, 0.2) is 0 Å². The van der Waals surface area contributed by atoms with E-state index in [1.807, 2.05) is 0 Å². The van der Waals surface area contributed by atoms with Crippen LogP contribution in [-0.2, 0) is 0 Å². The van der Waals surface area contributed by atoms with Crippen molar-refractivity contribution in [2.75, 3.05) is 13.1 Å². The van der Waals surface area contributed by atoms with Gasteiger partial charge < -0.3 is 15.9 Å². The van der Waals surface area contributed by atoms with E-state index in [2.05, 4.69) is 0 Å². The largest absolute Gasteiger partial charge is 0.614 e. The summed E-state index contributed by atoms with van der Waals surface area (Å²) in [6.45, 7) is 1.03. The summed E-state index contributed by atoms with van der Waals surface area (Å²) >= 11 is 0. The van der Waals surface area contributed by atoms with E-state index in [9.17, 15) is 5.21 Å². The molecule has 7 heavy (non-hydrogen) atoms. The van der Waals surface area contributed by atoms with Crippen LogP contribution < -0.4 is 5.59 Å². The summed E-state index contributed by atoms with van der Waals surface area (Å²) in [4.78, 5) is 0. The maximum atomic E-state index is 9.75. The summed E-state index contributed by atoms with van der Waals surface area (Å²) in [5, 5.41) is 19.8. The molecule has 0 unspecified atom stereocenters. The van der Waals surface area contributed by atoms with E-state index in [4.69, 9.17) is 5.11 Å². The van der Waals surface area contributed by atoms with Crippen molar-refractivity contribution in [3.8, 4) is 0 Å². The molecule has 0 spiro atoms. The second-order valence-electron chi connectivity index (χ2n) is 1.71. The summed E-state index contributed by atoms with van der Waals surface area (Å²) in [7, 11) is 0. The van der Waals surface area contributed by atoms with Crippen molar-refractivity contribution in [3.05, 3.63) is 5.21 Å². The van der Waals surface area contributed by atoms with Gasteiger partial charge >= 0.3 is 0 Å². The highest BCUT2D eigenvalue weighted by Gasteiger charge is 2.24. The van der Waals surface area contributed by atoms with E-state index in [0.29, 0.717) is 13.1 Å². The Hall–Kier alpha value is -0.160. The van der Waals surface area contributed by atoms with Gasteiger partial charge in [0.2, 0.25) is 0 Å². The lowest BCUT2D eigenvalue weighted by Crippen LogP contribution is -2.93. The number of nitrogens with two attached hydrogens (primary N) is 1. The van der Waals surface area contributed by atoms with Gasteiger partial charge in [-0.25, -0.2) is 0 Å². The minimum absolute atomic E-state index is 0.259. The molecule has 1 aliphatic rings. The SMILES string of the molecule is [O-][NH2+]N1CC(O)C1. The molecule has 3 N–H and O–H groups in total. The molecule has 1 aliphatic heterocycles. The summed E-state index contributed by atoms with van der Waals surface area (Å²) in [5.41, 5.74) is 0.743. The highest BCUT2D eigenvalue weighted by molar-refractivity contribution is 4.70. The number of hydrogen-bond donors (Lipinski definition) is 2. The number of rotatable bonds is 1. The van der Waals surface area contributed by atoms with Crippen molar-refractivity contribution in [2.45, 2.75) is 6.10 Å². The average Bonchev–Trinajstić information content (AvgIpc) is 1.58. The fourth-order valence-corrected chi connectivity index (χ4v) is 0.574. The molecular formula is C3H8N2O2. The van der Waals surface area contributed by atoms with Crippen LogP contribution in [0.2, 0.25) is 0 Å². The van der Waals surface area contributed by atoms with Gasteiger partial charge in [-0.3, -0.25) is 0 Å². The molecule has 0 aliphatic carbocycles. The van der Waals surface area contributed by atoms with Crippen LogP contribution in [0.1, 0.15) is 0 Å². The maximum absolute atomic E-state index is 9.75. The standard InChI is InChI=1S/C3H8N2O2/c6-3-1-5(2-3)4-7/h3,6H,1-2,4H2. The van der Waals surface area contributed by atoms with E-state index >= 15 is 0 Å². The normalized spacial score (nSPS) is 24.9. The molecule has 0 bridgehead atoms. The molecule has 1 heterocycles. The molecule has 1 saturated heterocycles. The third kappa shape index (κ3) is 0.889. The fraction of sp³-hybridized carbons (Fsp3) is 1.00. The Morgan fingerprint density at radius 2 is 2.29 bits per heavy atom. The molecule has 0 atom stereocenters. The molecule has 4 heteroatoms. The van der Waals surface area contributed by atoms with Crippen LogP contribution >= 0.6 is 0 Å². The first-order valence-corrected chi connectivity index (χ1v) is 2.20. The number of quaternary nitrogens is 1.